The molecule has 1 saturated carbocycles. The minimum Gasteiger partial charge on any atom is -0.495 e. The number of methoxy groups -OCH3 is 1. The largest absolute Gasteiger partial charge is 0.495 e. The average molecular weight is 401 g/mol. The fourth-order valence-corrected chi connectivity index (χ4v) is 3.00. The van der Waals surface area contributed by atoms with Crippen LogP contribution in [0.4, 0.5) is 5.69 Å². The lowest BCUT2D eigenvalue weighted by Gasteiger charge is -2.12. The monoisotopic (exact) mass is 401 g/mol. The normalized spacial score (nSPS) is 18.3. The van der Waals surface area contributed by atoms with Crippen molar-refractivity contribution >= 4 is 5.69 Å². The zero-order valence-electron chi connectivity index (χ0n) is 16.8. The van der Waals surface area contributed by atoms with E-state index in [1.165, 1.54) is 9.69 Å². The molecule has 0 aliphatic heterocycles. The van der Waals surface area contributed by atoms with Gasteiger partial charge in [-0.25, -0.2) is 10.5 Å². The van der Waals surface area contributed by atoms with Crippen molar-refractivity contribution in [2.75, 3.05) is 32.6 Å². The van der Waals surface area contributed by atoms with Crippen LogP contribution in [0.1, 0.15) is 18.0 Å². The van der Waals surface area contributed by atoms with Crippen molar-refractivity contribution in [1.82, 2.24) is 19.8 Å². The molecular weight excluding hydrogens is 374 g/mol. The Balaban J connectivity index is 1.58. The first-order chi connectivity index (χ1) is 13.9. The van der Waals surface area contributed by atoms with Crippen LogP contribution >= 0.6 is 0 Å². The van der Waals surface area contributed by atoms with Gasteiger partial charge in [0.1, 0.15) is 11.4 Å². The molecule has 0 aromatic carbocycles. The smallest absolute Gasteiger partial charge is 0.290 e. The van der Waals surface area contributed by atoms with Gasteiger partial charge in [0.15, 0.2) is 0 Å². The first-order valence-corrected chi connectivity index (χ1v) is 9.26. The second-order valence-corrected chi connectivity index (χ2v) is 7.08. The molecule has 3 rings (SSSR count). The van der Waals surface area contributed by atoms with Gasteiger partial charge in [-0.05, 0) is 18.6 Å². The van der Waals surface area contributed by atoms with Crippen molar-refractivity contribution in [3.8, 4) is 11.6 Å². The summed E-state index contributed by atoms with van der Waals surface area (Å²) in [7, 11) is 4.86. The molecule has 1 aliphatic carbocycles. The van der Waals surface area contributed by atoms with Gasteiger partial charge in [-0.2, -0.15) is 0 Å². The van der Waals surface area contributed by atoms with E-state index in [0.717, 1.165) is 17.9 Å². The van der Waals surface area contributed by atoms with Crippen molar-refractivity contribution < 1.29 is 9.47 Å². The predicted octanol–water partition coefficient (Wildman–Crippen LogP) is 0.384. The lowest BCUT2D eigenvalue weighted by Crippen LogP contribution is -2.27. The Morgan fingerprint density at radius 1 is 1.48 bits per heavy atom. The number of hydrazine groups is 1. The number of ether oxygens (including phenoxy) is 2. The SMILES string of the molecule is COc1ccc([C@H]2C[C@@H]2COc2cc(NC/C(N)=C/N(C)N)c(=O)n(C)n2)nc1. The molecule has 1 fully saturated rings. The van der Waals surface area contributed by atoms with Gasteiger partial charge in [0, 0.05) is 49.6 Å². The summed E-state index contributed by atoms with van der Waals surface area (Å²) in [4.78, 5) is 16.7. The second kappa shape index (κ2) is 8.82. The molecule has 0 bridgehead atoms. The minimum absolute atomic E-state index is 0.266. The lowest BCUT2D eigenvalue weighted by atomic mass is 10.2. The fourth-order valence-electron chi connectivity index (χ4n) is 3.00. The summed E-state index contributed by atoms with van der Waals surface area (Å²) in [6.07, 6.45) is 4.29. The van der Waals surface area contributed by atoms with Crippen LogP contribution in [0.3, 0.4) is 0 Å². The van der Waals surface area contributed by atoms with Gasteiger partial charge in [-0.1, -0.05) is 0 Å². The quantitative estimate of drug-likeness (QED) is 0.403. The van der Waals surface area contributed by atoms with Crippen LogP contribution in [0.5, 0.6) is 11.6 Å². The maximum absolute atomic E-state index is 12.3. The van der Waals surface area contributed by atoms with Crippen LogP contribution in [-0.4, -0.2) is 47.1 Å². The molecule has 0 amide bonds. The van der Waals surface area contributed by atoms with Gasteiger partial charge in [0.05, 0.1) is 26.5 Å². The van der Waals surface area contributed by atoms with Crippen molar-refractivity contribution in [1.29, 1.82) is 0 Å². The fraction of sp³-hybridized carbons (Fsp3) is 0.421. The third-order valence-electron chi connectivity index (χ3n) is 4.64. The minimum atomic E-state index is -0.266. The second-order valence-electron chi connectivity index (χ2n) is 7.08. The molecule has 0 unspecified atom stereocenters. The number of nitrogens with one attached hydrogen (secondary N) is 1. The molecular formula is C19H27N7O3. The molecule has 29 heavy (non-hydrogen) atoms. The van der Waals surface area contributed by atoms with E-state index in [9.17, 15) is 4.79 Å². The van der Waals surface area contributed by atoms with E-state index >= 15 is 0 Å². The molecule has 1 aliphatic rings. The van der Waals surface area contributed by atoms with Gasteiger partial charge in [0.2, 0.25) is 5.88 Å². The molecule has 10 heteroatoms. The number of hydrogen-bond acceptors (Lipinski definition) is 9. The van der Waals surface area contributed by atoms with E-state index in [0.29, 0.717) is 35.7 Å². The van der Waals surface area contributed by atoms with Crippen molar-refractivity contribution in [3.05, 3.63) is 52.3 Å². The Kier molecular flexibility index (Phi) is 6.23. The number of anilines is 1. The number of aromatic nitrogens is 3. The summed E-state index contributed by atoms with van der Waals surface area (Å²) in [5.41, 5.74) is 7.46. The highest BCUT2D eigenvalue weighted by atomic mass is 16.5. The van der Waals surface area contributed by atoms with E-state index in [1.807, 2.05) is 12.1 Å². The van der Waals surface area contributed by atoms with Crippen LogP contribution in [0.2, 0.25) is 0 Å². The molecule has 0 spiro atoms. The number of rotatable bonds is 9. The first-order valence-electron chi connectivity index (χ1n) is 9.26. The predicted molar refractivity (Wildman–Crippen MR) is 109 cm³/mol. The Morgan fingerprint density at radius 2 is 2.28 bits per heavy atom. The summed E-state index contributed by atoms with van der Waals surface area (Å²) in [6.45, 7) is 0.775. The lowest BCUT2D eigenvalue weighted by molar-refractivity contribution is 0.278. The highest BCUT2D eigenvalue weighted by Gasteiger charge is 2.40. The maximum atomic E-state index is 12.3. The summed E-state index contributed by atoms with van der Waals surface area (Å²) in [6, 6.07) is 5.48. The van der Waals surface area contributed by atoms with E-state index in [1.54, 1.807) is 39.7 Å². The Bertz CT molecular complexity index is 924. The topological polar surface area (TPSA) is 134 Å². The van der Waals surface area contributed by atoms with Crippen LogP contribution in [0.25, 0.3) is 0 Å². The maximum Gasteiger partial charge on any atom is 0.290 e. The molecule has 2 aromatic heterocycles. The third-order valence-corrected chi connectivity index (χ3v) is 4.64. The Hall–Kier alpha value is -3.27. The number of nitrogens with zero attached hydrogens (tertiary/aromatic N) is 4. The van der Waals surface area contributed by atoms with E-state index in [-0.39, 0.29) is 12.1 Å². The highest BCUT2D eigenvalue weighted by molar-refractivity contribution is 5.44. The number of pyridine rings is 1. The molecule has 10 nitrogen and oxygen atoms in total. The van der Waals surface area contributed by atoms with E-state index in [4.69, 9.17) is 21.1 Å². The van der Waals surface area contributed by atoms with Crippen molar-refractivity contribution in [3.63, 3.8) is 0 Å². The van der Waals surface area contributed by atoms with Gasteiger partial charge in [-0.15, -0.1) is 5.10 Å². The number of hydrogen-bond donors (Lipinski definition) is 3. The Morgan fingerprint density at radius 3 is 2.93 bits per heavy atom. The summed E-state index contributed by atoms with van der Waals surface area (Å²) < 4.78 is 12.2. The molecule has 156 valence electrons. The van der Waals surface area contributed by atoms with Crippen LogP contribution in [-0.2, 0) is 7.05 Å². The van der Waals surface area contributed by atoms with Gasteiger partial charge in [0.25, 0.3) is 5.56 Å². The van der Waals surface area contributed by atoms with E-state index in [2.05, 4.69) is 15.4 Å². The molecule has 5 N–H and O–H groups in total. The molecule has 2 heterocycles. The van der Waals surface area contributed by atoms with Crippen molar-refractivity contribution in [2.45, 2.75) is 12.3 Å². The van der Waals surface area contributed by atoms with Gasteiger partial charge < -0.3 is 25.5 Å². The third kappa shape index (κ3) is 5.38. The van der Waals surface area contributed by atoms with Crippen LogP contribution in [0.15, 0.2) is 41.1 Å². The number of aryl methyl sites for hydroxylation is 1. The van der Waals surface area contributed by atoms with Gasteiger partial charge in [-0.3, -0.25) is 9.78 Å². The zero-order chi connectivity index (χ0) is 21.0. The summed E-state index contributed by atoms with van der Waals surface area (Å²) in [5.74, 6) is 7.37. The zero-order valence-corrected chi connectivity index (χ0v) is 16.8. The van der Waals surface area contributed by atoms with Crippen molar-refractivity contribution in [2.24, 2.45) is 24.5 Å². The van der Waals surface area contributed by atoms with Crippen LogP contribution < -0.4 is 31.9 Å². The molecule has 2 atom stereocenters. The Labute approximate surface area is 169 Å². The van der Waals surface area contributed by atoms with Gasteiger partial charge >= 0.3 is 0 Å². The molecule has 2 aromatic rings. The summed E-state index contributed by atoms with van der Waals surface area (Å²) in [5, 5.41) is 8.51. The molecule has 0 saturated heterocycles. The molecule has 0 radical (unpaired) electrons. The first kappa shape index (κ1) is 20.5. The standard InChI is InChI=1S/C19H27N7O3/c1-25(21)10-13(20)8-22-17-7-18(24-26(2)19(17)27)29-11-12-6-15(12)16-5-4-14(28-3)9-23-16/h4-5,7,9-10,12,15,22H,6,8,11,20-21H2,1-3H3/b13-10-/t12-,15+/m1/s1. The number of nitrogens with two attached hydrogens (primary N) is 2. The highest BCUT2D eigenvalue weighted by Crippen LogP contribution is 2.46. The average Bonchev–Trinajstić information content (AvgIpc) is 3.47. The van der Waals surface area contributed by atoms with E-state index < -0.39 is 0 Å². The van der Waals surface area contributed by atoms with Crippen LogP contribution in [0, 0.1) is 5.92 Å². The summed E-state index contributed by atoms with van der Waals surface area (Å²) >= 11 is 0.